The summed E-state index contributed by atoms with van der Waals surface area (Å²) in [5.41, 5.74) is 14.8. The molecule has 6 heteroatoms. The summed E-state index contributed by atoms with van der Waals surface area (Å²) < 4.78 is 0. The molecule has 0 aromatic heterocycles. The van der Waals surface area contributed by atoms with Crippen LogP contribution < -0.4 is 0 Å². The molecule has 24 aromatic rings. The zero-order chi connectivity index (χ0) is 59.4. The molecule has 0 saturated heterocycles. The Labute approximate surface area is 532 Å². The highest BCUT2D eigenvalue weighted by molar-refractivity contribution is 6.79. The van der Waals surface area contributed by atoms with Crippen molar-refractivity contribution >= 4 is 270 Å². The van der Waals surface area contributed by atoms with E-state index in [0.717, 1.165) is 51.9 Å². The van der Waals surface area contributed by atoms with Gasteiger partial charge in [0.1, 0.15) is 0 Å². The molecule has 6 nitrogen and oxygen atoms in total. The number of ketones is 2. The van der Waals surface area contributed by atoms with Crippen LogP contribution in [0.25, 0.3) is 259 Å². The monoisotopic (exact) mass is 1200 g/mol. The molecule has 2 fully saturated rings. The van der Waals surface area contributed by atoms with Crippen molar-refractivity contribution in [2.45, 2.75) is 85.9 Å². The third-order valence-electron chi connectivity index (χ3n) is 33.5. The lowest BCUT2D eigenvalue weighted by Crippen LogP contribution is -2.60. The predicted octanol–water partition coefficient (Wildman–Crippen LogP) is 18.3. The number of hydrogen-bond acceptors (Lipinski definition) is 6. The van der Waals surface area contributed by atoms with Crippen LogP contribution in [0.15, 0.2) is 0 Å². The number of nitrogens with zero attached hydrogens (tertiary/aromatic N) is 4. The quantitative estimate of drug-likeness (QED) is 0.101. The number of allylic oxidation sites excluding steroid dienone is 2. The average molecular weight is 1200 g/mol. The first-order valence-electron chi connectivity index (χ1n) is 36.9. The molecule has 8 atom stereocenters. The molecule has 24 aromatic carbocycles. The Kier molecular flexibility index (Phi) is 5.27. The zero-order valence-corrected chi connectivity index (χ0v) is 53.2. The van der Waals surface area contributed by atoms with E-state index in [2.05, 4.69) is 61.9 Å². The summed E-state index contributed by atoms with van der Waals surface area (Å²) in [6, 6.07) is 0. The molecule has 0 N–H and O–H groups in total. The highest BCUT2D eigenvalue weighted by Gasteiger charge is 2.86. The molecule has 438 valence electrons. The van der Waals surface area contributed by atoms with Crippen molar-refractivity contribution in [1.29, 1.82) is 0 Å². The fourth-order valence-corrected chi connectivity index (χ4v) is 33.0. The highest BCUT2D eigenvalue weighted by Crippen LogP contribution is 2.95. The number of hydrogen-bond donors (Lipinski definition) is 0. The standard InChI is InChI=1S/C88H54N4O2/c1-89(2)15-11-17-91(5)21-27(93)25-19-23-13-9-7-8-10-14-24-20-26(28(94)22-92(6)18-12-16-90(3)4)88-80-68-60-50-42-34-29-30-32-35-39-33(30)41-37-31(29)36-40(34)52(60)58-54-43(36)47-45(37)55-49(41)59-51(39)57-53-44(35)48-46(38(32)42)56(50)70(80)72-62(48)64(53)74-76(82(72)88)83-84-75-73(78(66(58)68)86(24,84)88)63(54)61(47)71-69(55)79-67(59)65(57)77(74)85(23,83)87(25,79)81(71)75/h23-26H,7-22H2,1-6H3. The van der Waals surface area contributed by atoms with Crippen molar-refractivity contribution in [1.82, 2.24) is 19.6 Å². The lowest BCUT2D eigenvalue weighted by molar-refractivity contribution is -0.126. The normalized spacial score (nSPS) is 28.7. The number of carbonyl (C=O) groups is 2. The molecule has 0 heterocycles. The lowest BCUT2D eigenvalue weighted by Gasteiger charge is -2.61. The first-order chi connectivity index (χ1) is 46.1. The number of benzene rings is 16. The summed E-state index contributed by atoms with van der Waals surface area (Å²) >= 11 is 0. The molecular formula is C88H54N4O2. The van der Waals surface area contributed by atoms with Crippen LogP contribution in [0.4, 0.5) is 0 Å². The van der Waals surface area contributed by atoms with E-state index in [1.807, 2.05) is 0 Å². The van der Waals surface area contributed by atoms with Crippen LogP contribution in [0.3, 0.4) is 0 Å². The summed E-state index contributed by atoms with van der Waals surface area (Å²) in [4.78, 5) is 44.8. The Morgan fingerprint density at radius 2 is 0.521 bits per heavy atom. The van der Waals surface area contributed by atoms with E-state index in [1.165, 1.54) is 38.5 Å². The van der Waals surface area contributed by atoms with Gasteiger partial charge in [0, 0.05) is 33.5 Å². The average Bonchev–Trinajstić information content (AvgIpc) is 1.37. The highest BCUT2D eigenvalue weighted by atomic mass is 16.1. The molecule has 11 aliphatic carbocycles. The predicted molar refractivity (Wildman–Crippen MR) is 389 cm³/mol. The van der Waals surface area contributed by atoms with Gasteiger partial charge < -0.3 is 9.80 Å². The molecule has 4 bridgehead atoms. The minimum Gasteiger partial charge on any atom is -0.309 e. The second-order valence-corrected chi connectivity index (χ2v) is 35.9. The molecule has 8 unspecified atom stereocenters. The second kappa shape index (κ2) is 11.3. The van der Waals surface area contributed by atoms with Crippen molar-refractivity contribution in [3.63, 3.8) is 0 Å². The maximum atomic E-state index is 17.6. The van der Waals surface area contributed by atoms with Gasteiger partial charge in [-0.15, -0.1) is 0 Å². The summed E-state index contributed by atoms with van der Waals surface area (Å²) in [7, 11) is 13.4. The smallest absolute Gasteiger partial charge is 0.151 e. The van der Waals surface area contributed by atoms with E-state index >= 15 is 9.59 Å². The van der Waals surface area contributed by atoms with Crippen molar-refractivity contribution in [3.05, 3.63) is 44.5 Å². The van der Waals surface area contributed by atoms with Crippen LogP contribution in [0.1, 0.15) is 109 Å². The molecule has 11 aliphatic rings. The van der Waals surface area contributed by atoms with Crippen molar-refractivity contribution < 1.29 is 9.59 Å². The van der Waals surface area contributed by atoms with E-state index in [1.54, 1.807) is 303 Å². The third-order valence-corrected chi connectivity index (χ3v) is 33.5. The lowest BCUT2D eigenvalue weighted by atomic mass is 9.39. The van der Waals surface area contributed by atoms with Gasteiger partial charge in [0.2, 0.25) is 0 Å². The van der Waals surface area contributed by atoms with Gasteiger partial charge >= 0.3 is 0 Å². The fourth-order valence-electron chi connectivity index (χ4n) is 33.0. The summed E-state index contributed by atoms with van der Waals surface area (Å²) in [5, 5.41) is 74.6. The number of likely N-dealkylation sites (N-methyl/N-ethyl adjacent to an activating group) is 2. The van der Waals surface area contributed by atoms with Gasteiger partial charge in [-0.3, -0.25) is 19.4 Å². The maximum absolute atomic E-state index is 17.6. The number of Topliss-reactive ketones (excluding diaryl/α,β-unsaturated/α-hetero) is 2. The largest absolute Gasteiger partial charge is 0.309 e. The van der Waals surface area contributed by atoms with Gasteiger partial charge in [-0.25, -0.2) is 0 Å². The molecule has 94 heavy (non-hydrogen) atoms. The van der Waals surface area contributed by atoms with Gasteiger partial charge in [-0.05, 0) is 422 Å². The molecular weight excluding hydrogens is 1140 g/mol. The van der Waals surface area contributed by atoms with Crippen LogP contribution in [0.2, 0.25) is 0 Å². The number of rotatable bonds is 14. The molecule has 0 radical (unpaired) electrons. The Morgan fingerprint density at radius 3 is 0.787 bits per heavy atom. The Morgan fingerprint density at radius 1 is 0.287 bits per heavy atom. The topological polar surface area (TPSA) is 47.1 Å². The summed E-state index contributed by atoms with van der Waals surface area (Å²) in [6.45, 7) is 4.89. The Hall–Kier alpha value is -8.10. The zero-order valence-electron chi connectivity index (χ0n) is 53.2. The van der Waals surface area contributed by atoms with Gasteiger partial charge in [0.15, 0.2) is 11.6 Å². The van der Waals surface area contributed by atoms with Crippen LogP contribution in [0, 0.1) is 23.7 Å². The summed E-state index contributed by atoms with van der Waals surface area (Å²) in [5.74, 6) is 1.24. The molecule has 0 amide bonds. The van der Waals surface area contributed by atoms with Gasteiger partial charge in [0.25, 0.3) is 0 Å². The molecule has 35 rings (SSSR count). The molecule has 0 aliphatic heterocycles. The summed E-state index contributed by atoms with van der Waals surface area (Å²) in [6.07, 6.45) is 11.3. The van der Waals surface area contributed by atoms with Gasteiger partial charge in [-0.2, -0.15) is 0 Å². The molecule has 2 saturated carbocycles. The number of carbonyl (C=O) groups excluding carboxylic acids is 2. The fraction of sp³-hybridized carbons (Fsp3) is 0.341. The van der Waals surface area contributed by atoms with Crippen LogP contribution >= 0.6 is 0 Å². The maximum Gasteiger partial charge on any atom is 0.151 e. The van der Waals surface area contributed by atoms with Crippen LogP contribution in [-0.2, 0) is 31.2 Å². The van der Waals surface area contributed by atoms with Crippen LogP contribution in [-0.4, -0.2) is 113 Å². The van der Waals surface area contributed by atoms with E-state index in [-0.39, 0.29) is 23.7 Å². The second-order valence-electron chi connectivity index (χ2n) is 35.9. The SMILES string of the molecule is CN(C)CCCN(C)CC(=O)C1CC2CCCCCCC3CC(C(=O)CN(C)CCCN(C)C)C45c6c7c8c9c%10c%11c%12c%13c%14c%15c%16c%17c(c%18c%19c4c4c6c6c8c8c%10c%10c%11c%11c%13c%13c%20c%14c%17c%14c%18c%17c%19c%18c4c4c6c8c6c%10c8c%11c%13c%10c(c%14%20)c%17c%11c%18c4c6c8c%11%10)C35C%16=C7C92C%15%121. The first kappa shape index (κ1) is 43.8. The first-order valence-corrected chi connectivity index (χ1v) is 36.9. The van der Waals surface area contributed by atoms with E-state index in [4.69, 9.17) is 0 Å². The van der Waals surface area contributed by atoms with Crippen molar-refractivity contribution in [2.75, 3.05) is 81.6 Å². The Balaban J connectivity index is 0.915. The van der Waals surface area contributed by atoms with E-state index in [0.29, 0.717) is 24.7 Å². The van der Waals surface area contributed by atoms with Gasteiger partial charge in [-0.1, -0.05) is 25.7 Å². The van der Waals surface area contributed by atoms with Crippen LogP contribution in [0.5, 0.6) is 0 Å². The molecule has 4 spiro atoms. The van der Waals surface area contributed by atoms with Gasteiger partial charge in [0.05, 0.1) is 13.1 Å². The third kappa shape index (κ3) is 2.89. The van der Waals surface area contributed by atoms with Crippen molar-refractivity contribution in [3.8, 4) is 0 Å². The van der Waals surface area contributed by atoms with E-state index in [9.17, 15) is 0 Å². The minimum absolute atomic E-state index is 0.180. The van der Waals surface area contributed by atoms with Crippen molar-refractivity contribution in [2.24, 2.45) is 23.7 Å². The van der Waals surface area contributed by atoms with E-state index < -0.39 is 21.7 Å². The minimum atomic E-state index is -0.591. The Bertz CT molecular complexity index is 7500.